The van der Waals surface area contributed by atoms with E-state index in [0.29, 0.717) is 11.7 Å². The smallest absolute Gasteiger partial charge is 0.270 e. The monoisotopic (exact) mass is 339 g/mol. The van der Waals surface area contributed by atoms with Gasteiger partial charge in [0.15, 0.2) is 0 Å². The first-order valence-electron chi connectivity index (χ1n) is 9.20. The SMILES string of the molecule is Cc1ccc2nc(C(=O)N[C@@H]3CCC[C@@H]3N3CCC(O)C3)ccc2c1. The van der Waals surface area contributed by atoms with Gasteiger partial charge in [0, 0.05) is 30.6 Å². The molecule has 132 valence electrons. The Morgan fingerprint density at radius 2 is 2.12 bits per heavy atom. The van der Waals surface area contributed by atoms with Crippen molar-refractivity contribution in [2.24, 2.45) is 0 Å². The molecule has 1 aliphatic carbocycles. The van der Waals surface area contributed by atoms with Crippen LogP contribution in [0.25, 0.3) is 10.9 Å². The van der Waals surface area contributed by atoms with Gasteiger partial charge in [0.05, 0.1) is 11.6 Å². The topological polar surface area (TPSA) is 65.5 Å². The molecule has 1 saturated heterocycles. The number of β-amino-alcohol motifs (C(OH)–C–C–N with tert-alkyl or cyclic N) is 1. The number of amides is 1. The largest absolute Gasteiger partial charge is 0.392 e. The lowest BCUT2D eigenvalue weighted by atomic mass is 10.1. The molecule has 2 aromatic rings. The maximum Gasteiger partial charge on any atom is 0.270 e. The Kier molecular flexibility index (Phi) is 4.44. The van der Waals surface area contributed by atoms with E-state index in [1.807, 2.05) is 18.2 Å². The van der Waals surface area contributed by atoms with Crippen LogP contribution in [-0.2, 0) is 0 Å². The Balaban J connectivity index is 1.48. The van der Waals surface area contributed by atoms with E-state index in [4.69, 9.17) is 0 Å². The first-order valence-corrected chi connectivity index (χ1v) is 9.20. The summed E-state index contributed by atoms with van der Waals surface area (Å²) in [6.07, 6.45) is 3.82. The van der Waals surface area contributed by atoms with Crippen molar-refractivity contribution in [2.45, 2.75) is 50.8 Å². The molecule has 1 saturated carbocycles. The van der Waals surface area contributed by atoms with Crippen LogP contribution in [0, 0.1) is 6.92 Å². The fourth-order valence-corrected chi connectivity index (χ4v) is 4.23. The Bertz CT molecular complexity index is 792. The van der Waals surface area contributed by atoms with Gasteiger partial charge in [-0.2, -0.15) is 0 Å². The number of aliphatic hydroxyl groups is 1. The number of likely N-dealkylation sites (tertiary alicyclic amines) is 1. The van der Waals surface area contributed by atoms with Gasteiger partial charge in [-0.1, -0.05) is 17.7 Å². The highest BCUT2D eigenvalue weighted by Gasteiger charge is 2.36. The number of carbonyl (C=O) groups excluding carboxylic acids is 1. The zero-order valence-corrected chi connectivity index (χ0v) is 14.6. The minimum Gasteiger partial charge on any atom is -0.392 e. The Morgan fingerprint density at radius 3 is 2.92 bits per heavy atom. The van der Waals surface area contributed by atoms with Crippen molar-refractivity contribution in [1.29, 1.82) is 0 Å². The lowest BCUT2D eigenvalue weighted by Crippen LogP contribution is -2.48. The molecule has 0 radical (unpaired) electrons. The molecule has 1 amide bonds. The number of nitrogens with one attached hydrogen (secondary N) is 1. The second-order valence-corrected chi connectivity index (χ2v) is 7.41. The van der Waals surface area contributed by atoms with Gasteiger partial charge in [-0.25, -0.2) is 4.98 Å². The number of aryl methyl sites for hydroxylation is 1. The number of carbonyl (C=O) groups is 1. The normalized spacial score (nSPS) is 27.0. The minimum absolute atomic E-state index is 0.0980. The molecule has 0 spiro atoms. The van der Waals surface area contributed by atoms with E-state index >= 15 is 0 Å². The van der Waals surface area contributed by atoms with Crippen LogP contribution in [0.5, 0.6) is 0 Å². The van der Waals surface area contributed by atoms with Crippen molar-refractivity contribution in [2.75, 3.05) is 13.1 Å². The second-order valence-electron chi connectivity index (χ2n) is 7.41. The number of hydrogen-bond acceptors (Lipinski definition) is 4. The van der Waals surface area contributed by atoms with Crippen molar-refractivity contribution in [1.82, 2.24) is 15.2 Å². The molecule has 2 aliphatic rings. The van der Waals surface area contributed by atoms with Gasteiger partial charge in [-0.05, 0) is 50.8 Å². The molecule has 1 aliphatic heterocycles. The van der Waals surface area contributed by atoms with E-state index in [0.717, 1.165) is 49.7 Å². The summed E-state index contributed by atoms with van der Waals surface area (Å²) in [6, 6.07) is 10.3. The molecular formula is C20H25N3O2. The van der Waals surface area contributed by atoms with Crippen LogP contribution in [0.4, 0.5) is 0 Å². The van der Waals surface area contributed by atoms with Crippen LogP contribution in [0.2, 0.25) is 0 Å². The van der Waals surface area contributed by atoms with Crippen molar-refractivity contribution in [3.8, 4) is 0 Å². The summed E-state index contributed by atoms with van der Waals surface area (Å²) in [7, 11) is 0. The summed E-state index contributed by atoms with van der Waals surface area (Å²) < 4.78 is 0. The van der Waals surface area contributed by atoms with Gasteiger partial charge in [-0.15, -0.1) is 0 Å². The first kappa shape index (κ1) is 16.5. The van der Waals surface area contributed by atoms with Gasteiger partial charge in [0.25, 0.3) is 5.91 Å². The number of hydrogen-bond donors (Lipinski definition) is 2. The maximum absolute atomic E-state index is 12.7. The summed E-state index contributed by atoms with van der Waals surface area (Å²) >= 11 is 0. The average Bonchev–Trinajstić information content (AvgIpc) is 3.23. The molecule has 4 rings (SSSR count). The van der Waals surface area contributed by atoms with Gasteiger partial charge >= 0.3 is 0 Å². The highest BCUT2D eigenvalue weighted by atomic mass is 16.3. The fourth-order valence-electron chi connectivity index (χ4n) is 4.23. The third-order valence-electron chi connectivity index (χ3n) is 5.54. The lowest BCUT2D eigenvalue weighted by molar-refractivity contribution is 0.0901. The van der Waals surface area contributed by atoms with Crippen LogP contribution in [0.15, 0.2) is 30.3 Å². The number of pyridine rings is 1. The Morgan fingerprint density at radius 1 is 1.24 bits per heavy atom. The average molecular weight is 339 g/mol. The van der Waals surface area contributed by atoms with Gasteiger partial charge in [0.1, 0.15) is 5.69 Å². The second kappa shape index (κ2) is 6.73. The molecular weight excluding hydrogens is 314 g/mol. The van der Waals surface area contributed by atoms with Crippen molar-refractivity contribution in [3.05, 3.63) is 41.6 Å². The molecule has 3 atom stereocenters. The van der Waals surface area contributed by atoms with E-state index in [-0.39, 0.29) is 18.1 Å². The lowest BCUT2D eigenvalue weighted by Gasteiger charge is -2.29. The zero-order valence-electron chi connectivity index (χ0n) is 14.6. The molecule has 5 heteroatoms. The predicted octanol–water partition coefficient (Wildman–Crippen LogP) is 2.26. The highest BCUT2D eigenvalue weighted by Crippen LogP contribution is 2.27. The molecule has 1 aromatic carbocycles. The van der Waals surface area contributed by atoms with Crippen LogP contribution in [-0.4, -0.2) is 52.2 Å². The molecule has 5 nitrogen and oxygen atoms in total. The Hall–Kier alpha value is -1.98. The standard InChI is InChI=1S/C20H25N3O2/c1-13-5-7-16-14(11-13)6-8-18(21-16)20(25)22-17-3-2-4-19(17)23-10-9-15(24)12-23/h5-8,11,15,17,19,24H,2-4,9-10,12H2,1H3,(H,22,25)/t15?,17-,19+/m1/s1. The quantitative estimate of drug-likeness (QED) is 0.900. The van der Waals surface area contributed by atoms with Crippen LogP contribution >= 0.6 is 0 Å². The number of fused-ring (bicyclic) bond motifs is 1. The van der Waals surface area contributed by atoms with E-state index in [9.17, 15) is 9.90 Å². The van der Waals surface area contributed by atoms with Crippen LogP contribution in [0.3, 0.4) is 0 Å². The molecule has 1 aromatic heterocycles. The number of aliphatic hydroxyl groups excluding tert-OH is 1. The first-order chi connectivity index (χ1) is 12.1. The number of rotatable bonds is 3. The maximum atomic E-state index is 12.7. The van der Waals surface area contributed by atoms with Crippen LogP contribution in [0.1, 0.15) is 41.7 Å². The number of nitrogens with zero attached hydrogens (tertiary/aromatic N) is 2. The zero-order chi connectivity index (χ0) is 17.4. The summed E-state index contributed by atoms with van der Waals surface area (Å²) in [6.45, 7) is 3.70. The number of aromatic nitrogens is 1. The molecule has 2 fully saturated rings. The minimum atomic E-state index is -0.220. The van der Waals surface area contributed by atoms with E-state index in [1.165, 1.54) is 5.56 Å². The van der Waals surface area contributed by atoms with Crippen molar-refractivity contribution in [3.63, 3.8) is 0 Å². The molecule has 2 N–H and O–H groups in total. The fraction of sp³-hybridized carbons (Fsp3) is 0.500. The number of benzene rings is 1. The summed E-state index contributed by atoms with van der Waals surface area (Å²) in [5, 5.41) is 14.0. The van der Waals surface area contributed by atoms with Crippen LogP contribution < -0.4 is 5.32 Å². The van der Waals surface area contributed by atoms with Gasteiger partial charge in [0.2, 0.25) is 0 Å². The van der Waals surface area contributed by atoms with Gasteiger partial charge in [-0.3, -0.25) is 9.69 Å². The molecule has 25 heavy (non-hydrogen) atoms. The summed E-state index contributed by atoms with van der Waals surface area (Å²) in [4.78, 5) is 19.6. The van der Waals surface area contributed by atoms with E-state index in [1.54, 1.807) is 6.07 Å². The van der Waals surface area contributed by atoms with E-state index < -0.39 is 0 Å². The van der Waals surface area contributed by atoms with Crippen molar-refractivity contribution < 1.29 is 9.90 Å². The van der Waals surface area contributed by atoms with Crippen molar-refractivity contribution >= 4 is 16.8 Å². The summed E-state index contributed by atoms with van der Waals surface area (Å²) in [5.41, 5.74) is 2.51. The molecule has 1 unspecified atom stereocenters. The predicted molar refractivity (Wildman–Crippen MR) is 97.6 cm³/mol. The highest BCUT2D eigenvalue weighted by molar-refractivity contribution is 5.95. The van der Waals surface area contributed by atoms with E-state index in [2.05, 4.69) is 28.2 Å². The third kappa shape index (κ3) is 3.39. The molecule has 0 bridgehead atoms. The third-order valence-corrected chi connectivity index (χ3v) is 5.54. The summed E-state index contributed by atoms with van der Waals surface area (Å²) in [5.74, 6) is -0.0980. The molecule has 2 heterocycles. The van der Waals surface area contributed by atoms with Gasteiger partial charge < -0.3 is 10.4 Å². The Labute approximate surface area is 148 Å².